The SMILES string of the molecule is CC(C)(OCOC(C)(C)C(=O)c1ccccc1)C(=O)c1ccccc1. The Bertz CT molecular complexity index is 655. The van der Waals surface area contributed by atoms with E-state index >= 15 is 0 Å². The van der Waals surface area contributed by atoms with Crippen LogP contribution in [0.2, 0.25) is 0 Å². The van der Waals surface area contributed by atoms with Gasteiger partial charge in [-0.1, -0.05) is 60.7 Å². The second-order valence-electron chi connectivity index (χ2n) is 6.82. The Morgan fingerprint density at radius 2 is 1.00 bits per heavy atom. The first-order chi connectivity index (χ1) is 11.7. The number of benzene rings is 2. The molecule has 0 aromatic heterocycles. The molecule has 0 spiro atoms. The van der Waals surface area contributed by atoms with Gasteiger partial charge < -0.3 is 9.47 Å². The average Bonchev–Trinajstić information content (AvgIpc) is 2.61. The lowest BCUT2D eigenvalue weighted by molar-refractivity contribution is -0.147. The number of ketones is 2. The highest BCUT2D eigenvalue weighted by atomic mass is 16.7. The molecule has 132 valence electrons. The quantitative estimate of drug-likeness (QED) is 0.531. The molecule has 0 aliphatic rings. The molecule has 0 saturated carbocycles. The average molecular weight is 340 g/mol. The number of Topliss-reactive ketones (excluding diaryl/α,β-unsaturated/α-hetero) is 2. The first-order valence-electron chi connectivity index (χ1n) is 8.22. The lowest BCUT2D eigenvalue weighted by atomic mass is 9.96. The Labute approximate surface area is 148 Å². The van der Waals surface area contributed by atoms with Crippen molar-refractivity contribution in [3.63, 3.8) is 0 Å². The summed E-state index contributed by atoms with van der Waals surface area (Å²) in [5.74, 6) is -0.271. The summed E-state index contributed by atoms with van der Waals surface area (Å²) in [5.41, 5.74) is -0.945. The molecule has 0 fully saturated rings. The van der Waals surface area contributed by atoms with Gasteiger partial charge in [0.1, 0.15) is 18.0 Å². The van der Waals surface area contributed by atoms with Gasteiger partial charge in [-0.05, 0) is 27.7 Å². The van der Waals surface area contributed by atoms with Gasteiger partial charge in [0.15, 0.2) is 11.6 Å². The van der Waals surface area contributed by atoms with E-state index in [2.05, 4.69) is 0 Å². The molecule has 4 heteroatoms. The number of hydrogen-bond acceptors (Lipinski definition) is 4. The minimum absolute atomic E-state index is 0.135. The van der Waals surface area contributed by atoms with Gasteiger partial charge in [-0.15, -0.1) is 0 Å². The highest BCUT2D eigenvalue weighted by molar-refractivity contribution is 6.02. The summed E-state index contributed by atoms with van der Waals surface area (Å²) in [6.07, 6.45) is 0. The molecule has 0 saturated heterocycles. The predicted octanol–water partition coefficient (Wildman–Crippen LogP) is 4.30. The zero-order valence-corrected chi connectivity index (χ0v) is 15.1. The smallest absolute Gasteiger partial charge is 0.194 e. The van der Waals surface area contributed by atoms with Gasteiger partial charge in [-0.3, -0.25) is 9.59 Å². The molecule has 2 rings (SSSR count). The van der Waals surface area contributed by atoms with Crippen molar-refractivity contribution in [3.05, 3.63) is 71.8 Å². The van der Waals surface area contributed by atoms with Gasteiger partial charge in [-0.2, -0.15) is 0 Å². The number of carbonyl (C=O) groups is 2. The number of carbonyl (C=O) groups excluding carboxylic acids is 2. The molecule has 0 heterocycles. The van der Waals surface area contributed by atoms with Gasteiger partial charge in [0.05, 0.1) is 0 Å². The highest BCUT2D eigenvalue weighted by Crippen LogP contribution is 2.21. The van der Waals surface area contributed by atoms with Crippen molar-refractivity contribution >= 4 is 11.6 Å². The third kappa shape index (κ3) is 4.84. The molecule has 0 aliphatic heterocycles. The summed E-state index contributed by atoms with van der Waals surface area (Å²) in [6.45, 7) is 6.61. The fraction of sp³-hybridized carbons (Fsp3) is 0.333. The van der Waals surface area contributed by atoms with E-state index in [-0.39, 0.29) is 18.4 Å². The third-order valence-electron chi connectivity index (χ3n) is 4.01. The van der Waals surface area contributed by atoms with Crippen LogP contribution in [0.15, 0.2) is 60.7 Å². The van der Waals surface area contributed by atoms with E-state index in [1.54, 1.807) is 76.2 Å². The van der Waals surface area contributed by atoms with Gasteiger partial charge in [-0.25, -0.2) is 0 Å². The maximum atomic E-state index is 12.5. The summed E-state index contributed by atoms with van der Waals surface area (Å²) in [4.78, 5) is 25.1. The lowest BCUT2D eigenvalue weighted by Crippen LogP contribution is -2.40. The van der Waals surface area contributed by atoms with Crippen LogP contribution in [0.5, 0.6) is 0 Å². The number of hydrogen-bond donors (Lipinski definition) is 0. The third-order valence-corrected chi connectivity index (χ3v) is 4.01. The van der Waals surface area contributed by atoms with E-state index in [9.17, 15) is 9.59 Å². The first-order valence-corrected chi connectivity index (χ1v) is 8.22. The minimum atomic E-state index is -1.05. The maximum Gasteiger partial charge on any atom is 0.194 e. The van der Waals surface area contributed by atoms with Crippen molar-refractivity contribution in [2.75, 3.05) is 6.79 Å². The van der Waals surface area contributed by atoms with Crippen LogP contribution in [0.25, 0.3) is 0 Å². The van der Waals surface area contributed by atoms with Gasteiger partial charge in [0, 0.05) is 11.1 Å². The highest BCUT2D eigenvalue weighted by Gasteiger charge is 2.33. The van der Waals surface area contributed by atoms with Crippen LogP contribution in [-0.4, -0.2) is 29.6 Å². The van der Waals surface area contributed by atoms with Gasteiger partial charge in [0.25, 0.3) is 0 Å². The van der Waals surface area contributed by atoms with Crippen molar-refractivity contribution < 1.29 is 19.1 Å². The van der Waals surface area contributed by atoms with Crippen LogP contribution < -0.4 is 0 Å². The molecule has 25 heavy (non-hydrogen) atoms. The Kier molecular flexibility index (Phi) is 5.88. The van der Waals surface area contributed by atoms with Crippen molar-refractivity contribution in [1.29, 1.82) is 0 Å². The minimum Gasteiger partial charge on any atom is -0.341 e. The van der Waals surface area contributed by atoms with Crippen LogP contribution in [0, 0.1) is 0 Å². The largest absolute Gasteiger partial charge is 0.341 e. The van der Waals surface area contributed by atoms with Crippen LogP contribution in [0.1, 0.15) is 48.4 Å². The molecule has 0 aliphatic carbocycles. The molecule has 0 N–H and O–H groups in total. The normalized spacial score (nSPS) is 12.0. The zero-order valence-electron chi connectivity index (χ0n) is 15.1. The molecule has 0 radical (unpaired) electrons. The molecular weight excluding hydrogens is 316 g/mol. The van der Waals surface area contributed by atoms with Crippen LogP contribution in [0.4, 0.5) is 0 Å². The Balaban J connectivity index is 1.96. The van der Waals surface area contributed by atoms with Crippen molar-refractivity contribution in [2.24, 2.45) is 0 Å². The zero-order chi connectivity index (χ0) is 18.5. The molecule has 0 bridgehead atoms. The number of ether oxygens (including phenoxy) is 2. The Morgan fingerprint density at radius 3 is 1.32 bits per heavy atom. The summed E-state index contributed by atoms with van der Waals surface area (Å²) >= 11 is 0. The van der Waals surface area contributed by atoms with Crippen molar-refractivity contribution in [3.8, 4) is 0 Å². The molecule has 2 aromatic rings. The van der Waals surface area contributed by atoms with E-state index in [1.165, 1.54) is 0 Å². The lowest BCUT2D eigenvalue weighted by Gasteiger charge is -2.28. The van der Waals surface area contributed by atoms with Crippen molar-refractivity contribution in [1.82, 2.24) is 0 Å². The van der Waals surface area contributed by atoms with E-state index in [0.717, 1.165) is 0 Å². The monoisotopic (exact) mass is 340 g/mol. The topological polar surface area (TPSA) is 52.6 Å². The van der Waals surface area contributed by atoms with E-state index in [0.29, 0.717) is 11.1 Å². The second kappa shape index (κ2) is 7.72. The summed E-state index contributed by atoms with van der Waals surface area (Å²) in [6, 6.07) is 17.9. The maximum absolute atomic E-state index is 12.5. The predicted molar refractivity (Wildman–Crippen MR) is 96.7 cm³/mol. The summed E-state index contributed by atoms with van der Waals surface area (Å²) in [5, 5.41) is 0. The molecular formula is C21H24O4. The molecule has 0 unspecified atom stereocenters. The van der Waals surface area contributed by atoms with Crippen molar-refractivity contribution in [2.45, 2.75) is 38.9 Å². The van der Waals surface area contributed by atoms with E-state index < -0.39 is 11.2 Å². The summed E-state index contributed by atoms with van der Waals surface area (Å²) in [7, 11) is 0. The molecule has 4 nitrogen and oxygen atoms in total. The number of rotatable bonds is 8. The molecule has 2 aromatic carbocycles. The fourth-order valence-corrected chi connectivity index (χ4v) is 2.33. The standard InChI is InChI=1S/C21H24O4/c1-20(2,18(22)16-11-7-5-8-12-16)24-15-25-21(3,4)19(23)17-13-9-6-10-14-17/h5-14H,15H2,1-4H3. The fourth-order valence-electron chi connectivity index (χ4n) is 2.33. The van der Waals surface area contributed by atoms with Crippen LogP contribution >= 0.6 is 0 Å². The second-order valence-corrected chi connectivity index (χ2v) is 6.82. The first kappa shape index (κ1) is 19.0. The Hall–Kier alpha value is -2.30. The van der Waals surface area contributed by atoms with Gasteiger partial charge in [0.2, 0.25) is 0 Å². The van der Waals surface area contributed by atoms with E-state index in [1.807, 2.05) is 12.1 Å². The molecule has 0 atom stereocenters. The molecule has 0 amide bonds. The van der Waals surface area contributed by atoms with E-state index in [4.69, 9.17) is 9.47 Å². The van der Waals surface area contributed by atoms with Crippen LogP contribution in [0.3, 0.4) is 0 Å². The van der Waals surface area contributed by atoms with Gasteiger partial charge >= 0.3 is 0 Å². The Morgan fingerprint density at radius 1 is 0.680 bits per heavy atom. The summed E-state index contributed by atoms with van der Waals surface area (Å²) < 4.78 is 11.3. The van der Waals surface area contributed by atoms with Crippen LogP contribution in [-0.2, 0) is 9.47 Å².